The van der Waals surface area contributed by atoms with Crippen molar-refractivity contribution in [3.8, 4) is 11.1 Å². The van der Waals surface area contributed by atoms with E-state index >= 15 is 0 Å². The van der Waals surface area contributed by atoms with Gasteiger partial charge >= 0.3 is 5.97 Å². The maximum absolute atomic E-state index is 13.6. The molecule has 1 aromatic heterocycles. The molecule has 0 aliphatic carbocycles. The molecule has 2 aromatic carbocycles. The normalized spacial score (nSPS) is 16.5. The number of aromatic nitrogens is 2. The van der Waals surface area contributed by atoms with Crippen LogP contribution in [0, 0.1) is 5.82 Å². The molecule has 1 fully saturated rings. The minimum absolute atomic E-state index is 0.0453. The van der Waals surface area contributed by atoms with Crippen LogP contribution < -0.4 is 4.90 Å². The molecule has 6 nitrogen and oxygen atoms in total. The van der Waals surface area contributed by atoms with Crippen molar-refractivity contribution in [2.45, 2.75) is 45.2 Å². The fraction of sp³-hybridized carbons (Fsp3) is 0.370. The zero-order valence-corrected chi connectivity index (χ0v) is 19.5. The van der Waals surface area contributed by atoms with Crippen LogP contribution in [-0.4, -0.2) is 51.6 Å². The summed E-state index contributed by atoms with van der Waals surface area (Å²) >= 11 is 0. The standard InChI is InChI=1S/C27H31FN4O2/c1-2-3-10-25-19-31(18-21-7-4-6-20(13-21)14-26(33)34)11-12-32(25)27-29-16-23(17-30-27)22-8-5-9-24(28)15-22/h4-9,13,15-17,25H,2-3,10-12,14,18-19H2,1H3,(H,33,34)/t25-/m1/s1. The van der Waals surface area contributed by atoms with Crippen molar-refractivity contribution in [3.05, 3.63) is 77.9 Å². The van der Waals surface area contributed by atoms with Crippen LogP contribution in [-0.2, 0) is 17.8 Å². The monoisotopic (exact) mass is 462 g/mol. The van der Waals surface area contributed by atoms with Crippen LogP contribution in [0.3, 0.4) is 0 Å². The lowest BCUT2D eigenvalue weighted by atomic mass is 10.0. The highest BCUT2D eigenvalue weighted by Gasteiger charge is 2.28. The first-order chi connectivity index (χ1) is 16.5. The number of piperazine rings is 1. The molecule has 0 spiro atoms. The van der Waals surface area contributed by atoms with E-state index in [-0.39, 0.29) is 12.2 Å². The number of unbranched alkanes of at least 4 members (excludes halogenated alkanes) is 1. The van der Waals surface area contributed by atoms with Gasteiger partial charge < -0.3 is 10.0 Å². The Hall–Kier alpha value is -3.32. The van der Waals surface area contributed by atoms with E-state index in [1.165, 1.54) is 12.1 Å². The van der Waals surface area contributed by atoms with E-state index in [9.17, 15) is 9.18 Å². The van der Waals surface area contributed by atoms with Gasteiger partial charge in [0.25, 0.3) is 0 Å². The van der Waals surface area contributed by atoms with Crippen LogP contribution in [0.2, 0.25) is 0 Å². The number of hydrogen-bond acceptors (Lipinski definition) is 5. The van der Waals surface area contributed by atoms with E-state index in [0.717, 1.165) is 67.7 Å². The van der Waals surface area contributed by atoms with Crippen LogP contribution in [0.15, 0.2) is 60.9 Å². The van der Waals surface area contributed by atoms with Crippen molar-refractivity contribution in [2.24, 2.45) is 0 Å². The molecule has 3 aromatic rings. The molecule has 0 radical (unpaired) electrons. The zero-order valence-electron chi connectivity index (χ0n) is 19.5. The maximum atomic E-state index is 13.6. The molecule has 0 bridgehead atoms. The summed E-state index contributed by atoms with van der Waals surface area (Å²) in [6.07, 6.45) is 6.90. The smallest absolute Gasteiger partial charge is 0.307 e. The Kier molecular flexibility index (Phi) is 7.85. The van der Waals surface area contributed by atoms with Gasteiger partial charge in [0.15, 0.2) is 0 Å². The van der Waals surface area contributed by atoms with Crippen molar-refractivity contribution in [1.82, 2.24) is 14.9 Å². The molecule has 34 heavy (non-hydrogen) atoms. The average Bonchev–Trinajstić information content (AvgIpc) is 2.83. The second-order valence-corrected chi connectivity index (χ2v) is 8.90. The molecule has 0 amide bonds. The molecule has 0 saturated carbocycles. The van der Waals surface area contributed by atoms with E-state index < -0.39 is 5.97 Å². The van der Waals surface area contributed by atoms with E-state index in [4.69, 9.17) is 5.11 Å². The highest BCUT2D eigenvalue weighted by Crippen LogP contribution is 2.24. The summed E-state index contributed by atoms with van der Waals surface area (Å²) in [6.45, 7) is 5.59. The van der Waals surface area contributed by atoms with E-state index in [0.29, 0.717) is 12.0 Å². The molecule has 1 aliphatic rings. The number of carboxylic acids is 1. The summed E-state index contributed by atoms with van der Waals surface area (Å²) in [5.74, 6) is -0.371. The molecule has 1 atom stereocenters. The first-order valence-corrected chi connectivity index (χ1v) is 11.9. The van der Waals surface area contributed by atoms with Gasteiger partial charge in [-0.05, 0) is 35.2 Å². The van der Waals surface area contributed by atoms with Crippen LogP contribution in [0.25, 0.3) is 11.1 Å². The zero-order chi connectivity index (χ0) is 23.9. The van der Waals surface area contributed by atoms with Gasteiger partial charge in [0.2, 0.25) is 5.95 Å². The van der Waals surface area contributed by atoms with Crippen LogP contribution in [0.4, 0.5) is 10.3 Å². The fourth-order valence-corrected chi connectivity index (χ4v) is 4.57. The first-order valence-electron chi connectivity index (χ1n) is 11.9. The highest BCUT2D eigenvalue weighted by molar-refractivity contribution is 5.70. The van der Waals surface area contributed by atoms with Gasteiger partial charge in [-0.2, -0.15) is 0 Å². The molecular formula is C27H31FN4O2. The maximum Gasteiger partial charge on any atom is 0.307 e. The van der Waals surface area contributed by atoms with Gasteiger partial charge in [0.1, 0.15) is 5.82 Å². The molecule has 1 aliphatic heterocycles. The predicted molar refractivity (Wildman–Crippen MR) is 131 cm³/mol. The number of aliphatic carboxylic acids is 1. The second kappa shape index (κ2) is 11.2. The topological polar surface area (TPSA) is 69.6 Å². The van der Waals surface area contributed by atoms with Crippen molar-refractivity contribution < 1.29 is 14.3 Å². The largest absolute Gasteiger partial charge is 0.481 e. The average molecular weight is 463 g/mol. The first kappa shape index (κ1) is 23.8. The van der Waals surface area contributed by atoms with Crippen molar-refractivity contribution in [3.63, 3.8) is 0 Å². The Morgan fingerprint density at radius 2 is 1.82 bits per heavy atom. The quantitative estimate of drug-likeness (QED) is 0.493. The summed E-state index contributed by atoms with van der Waals surface area (Å²) in [4.78, 5) is 25.0. The number of hydrogen-bond donors (Lipinski definition) is 1. The molecule has 1 saturated heterocycles. The van der Waals surface area contributed by atoms with Gasteiger partial charge in [-0.15, -0.1) is 0 Å². The Bertz CT molecular complexity index is 1110. The van der Waals surface area contributed by atoms with E-state index in [2.05, 4.69) is 32.8 Å². The number of anilines is 1. The predicted octanol–water partition coefficient (Wildman–Crippen LogP) is 4.79. The summed E-state index contributed by atoms with van der Waals surface area (Å²) in [6, 6.07) is 14.6. The van der Waals surface area contributed by atoms with Gasteiger partial charge in [-0.1, -0.05) is 56.2 Å². The summed E-state index contributed by atoms with van der Waals surface area (Å²) in [5.41, 5.74) is 3.53. The molecule has 2 heterocycles. The Morgan fingerprint density at radius 1 is 1.06 bits per heavy atom. The number of nitrogens with zero attached hydrogens (tertiary/aromatic N) is 4. The molecule has 1 N–H and O–H groups in total. The number of benzene rings is 2. The fourth-order valence-electron chi connectivity index (χ4n) is 4.57. The molecule has 7 heteroatoms. The lowest BCUT2D eigenvalue weighted by Crippen LogP contribution is -2.53. The van der Waals surface area contributed by atoms with Crippen molar-refractivity contribution >= 4 is 11.9 Å². The lowest BCUT2D eigenvalue weighted by molar-refractivity contribution is -0.136. The van der Waals surface area contributed by atoms with Crippen molar-refractivity contribution in [1.29, 1.82) is 0 Å². The second-order valence-electron chi connectivity index (χ2n) is 8.90. The Balaban J connectivity index is 1.45. The molecule has 178 valence electrons. The third-order valence-electron chi connectivity index (χ3n) is 6.26. The Morgan fingerprint density at radius 3 is 2.56 bits per heavy atom. The SMILES string of the molecule is CCCC[C@@H]1CN(Cc2cccc(CC(=O)O)c2)CCN1c1ncc(-c2cccc(F)c2)cn1. The van der Waals surface area contributed by atoms with Gasteiger partial charge in [-0.3, -0.25) is 9.69 Å². The summed E-state index contributed by atoms with van der Waals surface area (Å²) in [7, 11) is 0. The third-order valence-corrected chi connectivity index (χ3v) is 6.26. The van der Waals surface area contributed by atoms with E-state index in [1.807, 2.05) is 24.3 Å². The molecule has 4 rings (SSSR count). The van der Waals surface area contributed by atoms with Crippen molar-refractivity contribution in [2.75, 3.05) is 24.5 Å². The third kappa shape index (κ3) is 6.17. The van der Waals surface area contributed by atoms with Crippen LogP contribution >= 0.6 is 0 Å². The highest BCUT2D eigenvalue weighted by atomic mass is 19.1. The van der Waals surface area contributed by atoms with Crippen LogP contribution in [0.5, 0.6) is 0 Å². The molecule has 0 unspecified atom stereocenters. The van der Waals surface area contributed by atoms with Gasteiger partial charge in [0.05, 0.1) is 6.42 Å². The summed E-state index contributed by atoms with van der Waals surface area (Å²) in [5, 5.41) is 9.08. The minimum atomic E-state index is -0.811. The number of carbonyl (C=O) groups is 1. The van der Waals surface area contributed by atoms with Gasteiger partial charge in [-0.25, -0.2) is 14.4 Å². The molecular weight excluding hydrogens is 431 g/mol. The minimum Gasteiger partial charge on any atom is -0.481 e. The lowest BCUT2D eigenvalue weighted by Gasteiger charge is -2.41. The Labute approximate surface area is 200 Å². The number of rotatable bonds is 9. The number of halogens is 1. The van der Waals surface area contributed by atoms with E-state index in [1.54, 1.807) is 18.5 Å². The summed E-state index contributed by atoms with van der Waals surface area (Å²) < 4.78 is 13.6. The number of carboxylic acid groups (broad SMARTS) is 1. The van der Waals surface area contributed by atoms with Crippen LogP contribution in [0.1, 0.15) is 37.3 Å². The van der Waals surface area contributed by atoms with Gasteiger partial charge in [0, 0.05) is 50.2 Å².